The average molecular weight is 348 g/mol. The minimum atomic E-state index is 0.316. The van der Waals surface area contributed by atoms with E-state index in [0.29, 0.717) is 5.41 Å². The highest BCUT2D eigenvalue weighted by Gasteiger charge is 2.52. The van der Waals surface area contributed by atoms with Crippen LogP contribution in [0, 0.1) is 29.1 Å². The number of allylic oxidation sites excluding steroid dienone is 1. The fourth-order valence-corrected chi connectivity index (χ4v) is 6.04. The van der Waals surface area contributed by atoms with Gasteiger partial charge in [0.05, 0.1) is 0 Å². The van der Waals surface area contributed by atoms with Crippen molar-refractivity contribution in [1.82, 2.24) is 4.90 Å². The molecule has 0 aromatic rings. The molecule has 0 aromatic heterocycles. The van der Waals surface area contributed by atoms with E-state index >= 15 is 0 Å². The molecule has 1 nitrogen and oxygen atoms in total. The lowest BCUT2D eigenvalue weighted by atomic mass is 9.65. The van der Waals surface area contributed by atoms with Crippen LogP contribution >= 0.6 is 0 Å². The topological polar surface area (TPSA) is 3.24 Å². The van der Waals surface area contributed by atoms with E-state index in [1.54, 1.807) is 0 Å². The van der Waals surface area contributed by atoms with Gasteiger partial charge in [-0.05, 0) is 61.7 Å². The Morgan fingerprint density at radius 2 is 1.84 bits per heavy atom. The Bertz CT molecular complexity index is 439. The molecule has 6 unspecified atom stereocenters. The van der Waals surface area contributed by atoms with Gasteiger partial charge in [0.1, 0.15) is 0 Å². The quantitative estimate of drug-likeness (QED) is 0.409. The van der Waals surface area contributed by atoms with Crippen LogP contribution in [0.1, 0.15) is 93.4 Å². The van der Waals surface area contributed by atoms with Gasteiger partial charge in [-0.1, -0.05) is 73.0 Å². The molecule has 0 aliphatic carbocycles. The highest BCUT2D eigenvalue weighted by Crippen LogP contribution is 2.52. The zero-order valence-electron chi connectivity index (χ0n) is 18.3. The summed E-state index contributed by atoms with van der Waals surface area (Å²) in [6.45, 7) is 22.5. The average Bonchev–Trinajstić information content (AvgIpc) is 3.11. The Morgan fingerprint density at radius 1 is 1.16 bits per heavy atom. The Balaban J connectivity index is 2.08. The second-order valence-electron chi connectivity index (χ2n) is 9.94. The normalized spacial score (nSPS) is 33.4. The lowest BCUT2D eigenvalue weighted by molar-refractivity contribution is 0.155. The number of hydrogen-bond donors (Lipinski definition) is 0. The lowest BCUT2D eigenvalue weighted by Gasteiger charge is -2.40. The first-order valence-electron chi connectivity index (χ1n) is 11.2. The second-order valence-corrected chi connectivity index (χ2v) is 9.94. The lowest BCUT2D eigenvalue weighted by Crippen LogP contribution is -2.38. The van der Waals surface area contributed by atoms with Crippen molar-refractivity contribution in [2.75, 3.05) is 6.54 Å². The van der Waals surface area contributed by atoms with E-state index in [1.165, 1.54) is 57.1 Å². The van der Waals surface area contributed by atoms with Gasteiger partial charge in [-0.15, -0.1) is 0 Å². The molecule has 0 aromatic carbocycles. The van der Waals surface area contributed by atoms with Crippen LogP contribution in [0.5, 0.6) is 0 Å². The zero-order valence-corrected chi connectivity index (χ0v) is 18.3. The van der Waals surface area contributed by atoms with Crippen LogP contribution in [0.15, 0.2) is 12.2 Å². The van der Waals surface area contributed by atoms with Gasteiger partial charge in [0.25, 0.3) is 0 Å². The van der Waals surface area contributed by atoms with Gasteiger partial charge in [-0.2, -0.15) is 0 Å². The minimum absolute atomic E-state index is 0.316. The smallest absolute Gasteiger partial charge is 0.0131 e. The van der Waals surface area contributed by atoms with E-state index in [2.05, 4.69) is 59.9 Å². The van der Waals surface area contributed by atoms with Gasteiger partial charge >= 0.3 is 0 Å². The molecule has 2 rings (SSSR count). The van der Waals surface area contributed by atoms with E-state index in [-0.39, 0.29) is 0 Å². The number of rotatable bonds is 9. The Morgan fingerprint density at radius 3 is 2.36 bits per heavy atom. The summed E-state index contributed by atoms with van der Waals surface area (Å²) in [5.74, 6) is 3.38. The molecule has 6 atom stereocenters. The van der Waals surface area contributed by atoms with Crippen molar-refractivity contribution in [3.05, 3.63) is 12.2 Å². The van der Waals surface area contributed by atoms with Crippen molar-refractivity contribution in [3.8, 4) is 0 Å². The largest absolute Gasteiger partial charge is 0.297 e. The molecule has 2 aliphatic rings. The van der Waals surface area contributed by atoms with Crippen molar-refractivity contribution in [2.45, 2.75) is 105 Å². The Hall–Kier alpha value is -0.300. The summed E-state index contributed by atoms with van der Waals surface area (Å²) >= 11 is 0. The molecule has 2 saturated heterocycles. The molecule has 2 aliphatic heterocycles. The summed E-state index contributed by atoms with van der Waals surface area (Å²) in [5, 5.41) is 0. The molecule has 0 amide bonds. The molecule has 146 valence electrons. The van der Waals surface area contributed by atoms with Crippen LogP contribution in [-0.2, 0) is 0 Å². The highest BCUT2D eigenvalue weighted by atomic mass is 15.2. The van der Waals surface area contributed by atoms with Crippen molar-refractivity contribution < 1.29 is 0 Å². The van der Waals surface area contributed by atoms with Crippen molar-refractivity contribution in [2.24, 2.45) is 29.1 Å². The van der Waals surface area contributed by atoms with Crippen LogP contribution in [0.4, 0.5) is 0 Å². The van der Waals surface area contributed by atoms with Crippen molar-refractivity contribution >= 4 is 0 Å². The summed E-state index contributed by atoms with van der Waals surface area (Å²) in [4.78, 5) is 2.95. The number of nitrogens with zero attached hydrogens (tertiary/aromatic N) is 1. The number of hydrogen-bond acceptors (Lipinski definition) is 1. The Kier molecular flexibility index (Phi) is 7.22. The van der Waals surface area contributed by atoms with E-state index in [9.17, 15) is 0 Å². The predicted octanol–water partition coefficient (Wildman–Crippen LogP) is 6.93. The molecule has 0 radical (unpaired) electrons. The SMILES string of the molecule is C=C(C)C(C)(CC)C1CN2C(C(C)CCCC(C)C)CCC2C1CC. The predicted molar refractivity (Wildman–Crippen MR) is 112 cm³/mol. The van der Waals surface area contributed by atoms with Gasteiger partial charge in [0.2, 0.25) is 0 Å². The molecular weight excluding hydrogens is 302 g/mol. The molecule has 25 heavy (non-hydrogen) atoms. The van der Waals surface area contributed by atoms with Gasteiger partial charge < -0.3 is 0 Å². The molecule has 0 bridgehead atoms. The fraction of sp³-hybridized carbons (Fsp3) is 0.917. The van der Waals surface area contributed by atoms with Crippen LogP contribution in [0.3, 0.4) is 0 Å². The Labute approximate surface area is 158 Å². The summed E-state index contributed by atoms with van der Waals surface area (Å²) in [6, 6.07) is 1.68. The summed E-state index contributed by atoms with van der Waals surface area (Å²) in [6.07, 6.45) is 9.66. The maximum Gasteiger partial charge on any atom is 0.0131 e. The van der Waals surface area contributed by atoms with E-state index in [0.717, 1.165) is 35.8 Å². The molecule has 0 saturated carbocycles. The zero-order chi connectivity index (χ0) is 18.8. The first kappa shape index (κ1) is 21.0. The first-order chi connectivity index (χ1) is 11.8. The molecule has 2 heterocycles. The van der Waals surface area contributed by atoms with Crippen LogP contribution in [-0.4, -0.2) is 23.5 Å². The van der Waals surface area contributed by atoms with Crippen molar-refractivity contribution in [3.63, 3.8) is 0 Å². The molecule has 2 fully saturated rings. The van der Waals surface area contributed by atoms with Crippen LogP contribution in [0.25, 0.3) is 0 Å². The summed E-state index contributed by atoms with van der Waals surface area (Å²) < 4.78 is 0. The van der Waals surface area contributed by atoms with Gasteiger partial charge in [0.15, 0.2) is 0 Å². The maximum atomic E-state index is 4.40. The number of fused-ring (bicyclic) bond motifs is 1. The second kappa shape index (κ2) is 8.59. The third-order valence-electron chi connectivity index (χ3n) is 8.13. The summed E-state index contributed by atoms with van der Waals surface area (Å²) in [7, 11) is 0. The van der Waals surface area contributed by atoms with Gasteiger partial charge in [-0.25, -0.2) is 0 Å². The van der Waals surface area contributed by atoms with Gasteiger partial charge in [0, 0.05) is 18.6 Å². The van der Waals surface area contributed by atoms with E-state index in [4.69, 9.17) is 0 Å². The fourth-order valence-electron chi connectivity index (χ4n) is 6.04. The molecule has 1 heteroatoms. The van der Waals surface area contributed by atoms with E-state index in [1.807, 2.05) is 0 Å². The molecule has 0 spiro atoms. The van der Waals surface area contributed by atoms with Crippen LogP contribution in [0.2, 0.25) is 0 Å². The van der Waals surface area contributed by atoms with Gasteiger partial charge in [-0.3, -0.25) is 4.90 Å². The third-order valence-corrected chi connectivity index (χ3v) is 8.13. The molecule has 0 N–H and O–H groups in total. The van der Waals surface area contributed by atoms with E-state index < -0.39 is 0 Å². The van der Waals surface area contributed by atoms with Crippen LogP contribution < -0.4 is 0 Å². The standard InChI is InChI=1S/C24H45N/c1-9-20-21(24(8,10-2)18(5)6)16-25-22(14-15-23(20)25)19(7)13-11-12-17(3)4/h17,19-23H,5,9-16H2,1-4,6-8H3. The first-order valence-corrected chi connectivity index (χ1v) is 11.2. The van der Waals surface area contributed by atoms with Crippen molar-refractivity contribution in [1.29, 1.82) is 0 Å². The third kappa shape index (κ3) is 4.18. The highest BCUT2D eigenvalue weighted by molar-refractivity contribution is 5.14. The molecular formula is C24H45N. The maximum absolute atomic E-state index is 4.40. The summed E-state index contributed by atoms with van der Waals surface area (Å²) in [5.41, 5.74) is 1.72. The minimum Gasteiger partial charge on any atom is -0.297 e. The monoisotopic (exact) mass is 347 g/mol.